The zero-order valence-corrected chi connectivity index (χ0v) is 38.8. The zero-order valence-electron chi connectivity index (χ0n) is 37.9. The fraction of sp³-hybridized carbons (Fsp3) is 0.333. The van der Waals surface area contributed by atoms with Gasteiger partial charge in [-0.25, -0.2) is 0 Å². The average molecular weight is 808 g/mol. The molecule has 0 atom stereocenters. The van der Waals surface area contributed by atoms with Crippen LogP contribution in [-0.4, -0.2) is 16.7 Å². The van der Waals surface area contributed by atoms with E-state index in [1.54, 1.807) is 6.08 Å². The highest BCUT2D eigenvalue weighted by Gasteiger charge is 2.26. The van der Waals surface area contributed by atoms with Gasteiger partial charge in [0.15, 0.2) is 11.6 Å². The molecule has 0 aliphatic rings. The van der Waals surface area contributed by atoms with Crippen LogP contribution in [0.2, 0.25) is 0 Å². The summed E-state index contributed by atoms with van der Waals surface area (Å²) < 4.78 is 0. The number of nitrogens with one attached hydrogen (secondary N) is 1. The Morgan fingerprint density at radius 3 is 1.39 bits per heavy atom. The first-order valence-electron chi connectivity index (χ1n) is 20.6. The molecule has 0 unspecified atom stereocenters. The highest BCUT2D eigenvalue weighted by Crippen LogP contribution is 2.37. The standard InChI is InChI=1S/C36H40NOP.C18H26O2/c1-26(24-33(38)30-23-22-27(35(2,3)4)25-31(30)36(5,6)7)37-32-20-14-15-21-34(32)39(28-16-10-8-11-17-28)29-18-12-9-13-19-29;1-12(19)10-16(20)14-9-8-13(17(2,3)4)11-15(14)18(5,6)7/h8-25,37H,1-7H3;8-11,20H,1-7H3/b;16-10-. The van der Waals surface area contributed by atoms with E-state index in [-0.39, 0.29) is 39.0 Å². The van der Waals surface area contributed by atoms with Crippen molar-refractivity contribution in [1.29, 1.82) is 0 Å². The van der Waals surface area contributed by atoms with Crippen molar-refractivity contribution in [3.8, 4) is 0 Å². The van der Waals surface area contributed by atoms with Gasteiger partial charge in [0, 0.05) is 40.0 Å². The summed E-state index contributed by atoms with van der Waals surface area (Å²) in [5.41, 5.74) is 7.79. The maximum atomic E-state index is 13.6. The largest absolute Gasteiger partial charge is 0.507 e. The first-order chi connectivity index (χ1) is 27.4. The molecular weight excluding hydrogens is 742 g/mol. The van der Waals surface area contributed by atoms with Gasteiger partial charge >= 0.3 is 0 Å². The maximum absolute atomic E-state index is 13.6. The van der Waals surface area contributed by atoms with E-state index in [1.165, 1.54) is 40.0 Å². The Balaban J connectivity index is 0.000000324. The molecule has 0 radical (unpaired) electrons. The Morgan fingerprint density at radius 2 is 0.949 bits per heavy atom. The van der Waals surface area contributed by atoms with E-state index in [4.69, 9.17) is 0 Å². The minimum Gasteiger partial charge on any atom is -0.507 e. The van der Waals surface area contributed by atoms with Crippen molar-refractivity contribution in [2.45, 2.75) is 119 Å². The third kappa shape index (κ3) is 12.7. The van der Waals surface area contributed by atoms with Crippen LogP contribution >= 0.6 is 7.92 Å². The van der Waals surface area contributed by atoms with Gasteiger partial charge in [0.2, 0.25) is 0 Å². The van der Waals surface area contributed by atoms with E-state index >= 15 is 0 Å². The number of allylic oxidation sites excluding steroid dienone is 3. The monoisotopic (exact) mass is 807 g/mol. The van der Waals surface area contributed by atoms with E-state index in [0.717, 1.165) is 33.6 Å². The second-order valence-electron chi connectivity index (χ2n) is 19.5. The summed E-state index contributed by atoms with van der Waals surface area (Å²) in [7, 11) is -0.772. The lowest BCUT2D eigenvalue weighted by Crippen LogP contribution is -2.23. The van der Waals surface area contributed by atoms with Crippen LogP contribution < -0.4 is 21.2 Å². The summed E-state index contributed by atoms with van der Waals surface area (Å²) in [6.45, 7) is 29.4. The molecule has 0 spiro atoms. The van der Waals surface area contributed by atoms with Gasteiger partial charge in [-0.15, -0.1) is 0 Å². The predicted molar refractivity (Wildman–Crippen MR) is 256 cm³/mol. The zero-order chi connectivity index (χ0) is 43.9. The van der Waals surface area contributed by atoms with Crippen molar-refractivity contribution in [3.63, 3.8) is 0 Å². The lowest BCUT2D eigenvalue weighted by molar-refractivity contribution is -0.112. The van der Waals surface area contributed by atoms with Crippen molar-refractivity contribution >= 4 is 46.8 Å². The number of ketones is 2. The Kier molecular flexibility index (Phi) is 14.9. The van der Waals surface area contributed by atoms with Crippen molar-refractivity contribution in [1.82, 2.24) is 0 Å². The molecule has 310 valence electrons. The van der Waals surface area contributed by atoms with Crippen LogP contribution in [0.4, 0.5) is 5.69 Å². The van der Waals surface area contributed by atoms with Gasteiger partial charge in [-0.1, -0.05) is 198 Å². The number of anilines is 1. The molecule has 0 aliphatic heterocycles. The summed E-state index contributed by atoms with van der Waals surface area (Å²) in [6.07, 6.45) is 3.02. The molecule has 2 N–H and O–H groups in total. The first-order valence-corrected chi connectivity index (χ1v) is 21.9. The van der Waals surface area contributed by atoms with Gasteiger partial charge in [0.05, 0.1) is 0 Å². The number of hydrogen-bond acceptors (Lipinski definition) is 4. The number of aliphatic hydroxyl groups is 1. The van der Waals surface area contributed by atoms with E-state index in [1.807, 2.05) is 31.2 Å². The number of carbonyl (C=O) groups excluding carboxylic acids is 2. The molecule has 5 aromatic rings. The number of rotatable bonds is 9. The second kappa shape index (κ2) is 18.9. The Labute approximate surface area is 356 Å². The summed E-state index contributed by atoms with van der Waals surface area (Å²) in [5.74, 6) is -0.0820. The summed E-state index contributed by atoms with van der Waals surface area (Å²) >= 11 is 0. The molecule has 0 amide bonds. The molecular formula is C54H66NO3P. The van der Waals surface area contributed by atoms with Gasteiger partial charge in [0.1, 0.15) is 5.76 Å². The summed E-state index contributed by atoms with van der Waals surface area (Å²) in [4.78, 5) is 24.8. The average Bonchev–Trinajstić information content (AvgIpc) is 3.14. The number of carbonyl (C=O) groups is 2. The highest BCUT2D eigenvalue weighted by atomic mass is 31.1. The van der Waals surface area contributed by atoms with Gasteiger partial charge < -0.3 is 10.4 Å². The SMILES string of the molecule is CC(=CC(=O)c1ccc(C(C)(C)C)cc1C(C)(C)C)Nc1ccccc1P(c1ccccc1)c1ccccc1.CC(=O)/C=C(\O)c1ccc(C(C)(C)C)cc1C(C)(C)C. The summed E-state index contributed by atoms with van der Waals surface area (Å²) in [6, 6.07) is 42.2. The number of aliphatic hydroxyl groups excluding tert-OH is 1. The molecule has 59 heavy (non-hydrogen) atoms. The Bertz CT molecular complexity index is 2250. The molecule has 0 heterocycles. The van der Waals surface area contributed by atoms with Gasteiger partial charge in [0.25, 0.3) is 0 Å². The summed E-state index contributed by atoms with van der Waals surface area (Å²) in [5, 5.41) is 17.6. The van der Waals surface area contributed by atoms with E-state index in [2.05, 4.69) is 185 Å². The molecule has 0 saturated heterocycles. The lowest BCUT2D eigenvalue weighted by atomic mass is 9.78. The molecule has 5 rings (SSSR count). The minimum atomic E-state index is -0.772. The van der Waals surface area contributed by atoms with Crippen LogP contribution in [0.5, 0.6) is 0 Å². The third-order valence-electron chi connectivity index (χ3n) is 10.1. The molecule has 0 aliphatic carbocycles. The molecule has 5 aromatic carbocycles. The molecule has 0 fully saturated rings. The Morgan fingerprint density at radius 1 is 0.525 bits per heavy atom. The van der Waals surface area contributed by atoms with Crippen LogP contribution in [0.15, 0.2) is 139 Å². The number of para-hydroxylation sites is 1. The fourth-order valence-corrected chi connectivity index (χ4v) is 9.25. The second-order valence-corrected chi connectivity index (χ2v) is 21.7. The van der Waals surface area contributed by atoms with E-state index in [0.29, 0.717) is 0 Å². The van der Waals surface area contributed by atoms with Crippen molar-refractivity contribution in [3.05, 3.63) is 173 Å². The quantitative estimate of drug-likeness (QED) is 0.0674. The molecule has 5 heteroatoms. The van der Waals surface area contributed by atoms with Crippen molar-refractivity contribution in [2.24, 2.45) is 0 Å². The smallest absolute Gasteiger partial charge is 0.187 e. The lowest BCUT2D eigenvalue weighted by Gasteiger charge is -2.27. The van der Waals surface area contributed by atoms with Crippen LogP contribution in [-0.2, 0) is 26.5 Å². The van der Waals surface area contributed by atoms with Crippen LogP contribution in [0.3, 0.4) is 0 Å². The van der Waals surface area contributed by atoms with E-state index < -0.39 is 7.92 Å². The predicted octanol–water partition coefficient (Wildman–Crippen LogP) is 13.0. The molecule has 4 nitrogen and oxygen atoms in total. The van der Waals surface area contributed by atoms with Gasteiger partial charge in [-0.3, -0.25) is 9.59 Å². The minimum absolute atomic E-state index is 0.0223. The molecule has 0 aromatic heterocycles. The number of benzene rings is 5. The third-order valence-corrected chi connectivity index (χ3v) is 12.6. The highest BCUT2D eigenvalue weighted by molar-refractivity contribution is 7.80. The van der Waals surface area contributed by atoms with Crippen LogP contribution in [0.1, 0.15) is 135 Å². The normalized spacial score (nSPS) is 12.8. The molecule has 0 saturated carbocycles. The first kappa shape index (κ1) is 46.6. The van der Waals surface area contributed by atoms with E-state index in [9.17, 15) is 14.7 Å². The van der Waals surface area contributed by atoms with Crippen LogP contribution in [0.25, 0.3) is 5.76 Å². The maximum Gasteiger partial charge on any atom is 0.187 e. The van der Waals surface area contributed by atoms with Gasteiger partial charge in [-0.2, -0.15) is 0 Å². The Hall–Kier alpha value is -5.05. The topological polar surface area (TPSA) is 66.4 Å². The fourth-order valence-electron chi connectivity index (χ4n) is 6.85. The molecule has 0 bridgehead atoms. The van der Waals surface area contributed by atoms with Gasteiger partial charge in [-0.05, 0) is 82.4 Å². The van der Waals surface area contributed by atoms with Crippen molar-refractivity contribution < 1.29 is 14.7 Å². The van der Waals surface area contributed by atoms with Crippen molar-refractivity contribution in [2.75, 3.05) is 5.32 Å². The number of hydrogen-bond donors (Lipinski definition) is 2. The van der Waals surface area contributed by atoms with Crippen LogP contribution in [0, 0.1) is 0 Å².